The van der Waals surface area contributed by atoms with Crippen LogP contribution < -0.4 is 4.74 Å². The van der Waals surface area contributed by atoms with Crippen LogP contribution >= 0.6 is 15.9 Å². The van der Waals surface area contributed by atoms with Gasteiger partial charge in [0.05, 0.1) is 4.92 Å². The van der Waals surface area contributed by atoms with E-state index < -0.39 is 4.92 Å². The van der Waals surface area contributed by atoms with Crippen LogP contribution in [0.2, 0.25) is 0 Å². The lowest BCUT2D eigenvalue weighted by Crippen LogP contribution is -1.98. The van der Waals surface area contributed by atoms with Gasteiger partial charge >= 0.3 is 5.69 Å². The van der Waals surface area contributed by atoms with Crippen molar-refractivity contribution in [2.75, 3.05) is 0 Å². The molecule has 6 nitrogen and oxygen atoms in total. The van der Waals surface area contributed by atoms with Gasteiger partial charge in [0.1, 0.15) is 5.75 Å². The average molecular weight is 364 g/mol. The number of halogens is 1. The molecule has 0 atom stereocenters. The number of carbonyl (C=O) groups is 2. The van der Waals surface area contributed by atoms with E-state index in [2.05, 4.69) is 15.9 Å². The van der Waals surface area contributed by atoms with Crippen molar-refractivity contribution in [2.45, 2.75) is 6.92 Å². The van der Waals surface area contributed by atoms with Gasteiger partial charge in [0.25, 0.3) is 0 Å². The van der Waals surface area contributed by atoms with Gasteiger partial charge in [-0.25, -0.2) is 0 Å². The summed E-state index contributed by atoms with van der Waals surface area (Å²) >= 11 is 3.21. The van der Waals surface area contributed by atoms with Gasteiger partial charge in [-0.15, -0.1) is 0 Å². The van der Waals surface area contributed by atoms with E-state index in [-0.39, 0.29) is 28.5 Å². The predicted molar refractivity (Wildman–Crippen MR) is 82.7 cm³/mol. The number of Topliss-reactive ketones (excluding diaryl/α,β-unsaturated/α-hetero) is 1. The van der Waals surface area contributed by atoms with Crippen LogP contribution in [0.3, 0.4) is 0 Å². The Morgan fingerprint density at radius 3 is 2.59 bits per heavy atom. The Morgan fingerprint density at radius 2 is 2.00 bits per heavy atom. The van der Waals surface area contributed by atoms with E-state index in [9.17, 15) is 19.7 Å². The molecule has 0 aliphatic heterocycles. The highest BCUT2D eigenvalue weighted by molar-refractivity contribution is 9.10. The lowest BCUT2D eigenvalue weighted by atomic mass is 10.1. The predicted octanol–water partition coefficient (Wildman–Crippen LogP) is 4.16. The Kier molecular flexibility index (Phi) is 4.67. The first-order valence-corrected chi connectivity index (χ1v) is 6.93. The maximum Gasteiger partial charge on any atom is 0.312 e. The van der Waals surface area contributed by atoms with Crippen molar-refractivity contribution in [2.24, 2.45) is 0 Å². The van der Waals surface area contributed by atoms with Gasteiger partial charge in [0.15, 0.2) is 12.1 Å². The number of ketones is 1. The van der Waals surface area contributed by atoms with Gasteiger partial charge in [-0.1, -0.05) is 15.9 Å². The molecule has 0 spiro atoms. The number of benzene rings is 2. The molecule has 112 valence electrons. The van der Waals surface area contributed by atoms with Gasteiger partial charge in [0, 0.05) is 21.7 Å². The van der Waals surface area contributed by atoms with Crippen LogP contribution in [-0.4, -0.2) is 17.0 Å². The fourth-order valence-corrected chi connectivity index (χ4v) is 2.11. The summed E-state index contributed by atoms with van der Waals surface area (Å²) in [7, 11) is 0. The number of hydrogen-bond donors (Lipinski definition) is 0. The van der Waals surface area contributed by atoms with Crippen molar-refractivity contribution in [1.29, 1.82) is 0 Å². The lowest BCUT2D eigenvalue weighted by molar-refractivity contribution is -0.385. The highest BCUT2D eigenvalue weighted by atomic mass is 79.9. The number of nitrogens with zero attached hydrogens (tertiary/aromatic N) is 1. The second kappa shape index (κ2) is 6.48. The van der Waals surface area contributed by atoms with E-state index in [0.717, 1.165) is 6.07 Å². The summed E-state index contributed by atoms with van der Waals surface area (Å²) in [6.45, 7) is 1.32. The largest absolute Gasteiger partial charge is 0.450 e. The maximum atomic E-state index is 11.3. The van der Waals surface area contributed by atoms with Crippen LogP contribution in [0.5, 0.6) is 11.5 Å². The molecule has 2 aromatic rings. The molecule has 0 bridgehead atoms. The number of aldehydes is 1. The summed E-state index contributed by atoms with van der Waals surface area (Å²) in [5.41, 5.74) is 0.271. The van der Waals surface area contributed by atoms with Crippen LogP contribution in [0.25, 0.3) is 0 Å². The topological polar surface area (TPSA) is 86.5 Å². The number of nitro benzene ring substituents is 1. The van der Waals surface area contributed by atoms with Gasteiger partial charge in [-0.3, -0.25) is 19.7 Å². The Morgan fingerprint density at radius 1 is 1.27 bits per heavy atom. The molecule has 2 aromatic carbocycles. The standard InChI is InChI=1S/C15H10BrNO5/c1-9(19)10-2-5-15(14(7-10)17(20)21)22-12-3-4-13(16)11(6-12)8-18/h2-8H,1H3. The van der Waals surface area contributed by atoms with E-state index in [4.69, 9.17) is 4.74 Å². The van der Waals surface area contributed by atoms with Crippen molar-refractivity contribution in [3.63, 3.8) is 0 Å². The lowest BCUT2D eigenvalue weighted by Gasteiger charge is -2.08. The van der Waals surface area contributed by atoms with Crippen LogP contribution in [0.4, 0.5) is 5.69 Å². The molecule has 0 aromatic heterocycles. The number of rotatable bonds is 5. The van der Waals surface area contributed by atoms with Gasteiger partial charge < -0.3 is 4.74 Å². The molecule has 0 saturated carbocycles. The van der Waals surface area contributed by atoms with Crippen molar-refractivity contribution in [3.05, 3.63) is 62.1 Å². The SMILES string of the molecule is CC(=O)c1ccc(Oc2ccc(Br)c(C=O)c2)c([N+](=O)[O-])c1. The highest BCUT2D eigenvalue weighted by Crippen LogP contribution is 2.33. The molecule has 7 heteroatoms. The molecule has 0 radical (unpaired) electrons. The van der Waals surface area contributed by atoms with Crippen LogP contribution in [0.1, 0.15) is 27.6 Å². The van der Waals surface area contributed by atoms with E-state index in [1.807, 2.05) is 0 Å². The minimum absolute atomic E-state index is 0.00540. The zero-order valence-electron chi connectivity index (χ0n) is 11.4. The van der Waals surface area contributed by atoms with Crippen LogP contribution in [-0.2, 0) is 0 Å². The van der Waals surface area contributed by atoms with Gasteiger partial charge in [-0.2, -0.15) is 0 Å². The first kappa shape index (κ1) is 15.8. The van der Waals surface area contributed by atoms with Crippen LogP contribution in [0.15, 0.2) is 40.9 Å². The van der Waals surface area contributed by atoms with E-state index in [1.54, 1.807) is 12.1 Å². The molecule has 0 fully saturated rings. The van der Waals surface area contributed by atoms with Gasteiger partial charge in [0.2, 0.25) is 5.75 Å². The second-order valence-corrected chi connectivity index (χ2v) is 5.25. The summed E-state index contributed by atoms with van der Waals surface area (Å²) in [4.78, 5) is 32.7. The first-order chi connectivity index (χ1) is 10.4. The average Bonchev–Trinajstić information content (AvgIpc) is 2.49. The normalized spacial score (nSPS) is 10.1. The van der Waals surface area contributed by atoms with E-state index in [1.165, 1.54) is 25.1 Å². The van der Waals surface area contributed by atoms with E-state index in [0.29, 0.717) is 16.3 Å². The van der Waals surface area contributed by atoms with Crippen LogP contribution in [0, 0.1) is 10.1 Å². The third-order valence-corrected chi connectivity index (χ3v) is 3.61. The molecule has 0 aliphatic rings. The molecule has 0 amide bonds. The van der Waals surface area contributed by atoms with Crippen molar-refractivity contribution >= 4 is 33.7 Å². The molecule has 0 saturated heterocycles. The van der Waals surface area contributed by atoms with Crippen molar-refractivity contribution in [3.8, 4) is 11.5 Å². The third-order valence-electron chi connectivity index (χ3n) is 2.88. The fourth-order valence-electron chi connectivity index (χ4n) is 1.77. The molecule has 0 N–H and O–H groups in total. The second-order valence-electron chi connectivity index (χ2n) is 4.40. The molecule has 22 heavy (non-hydrogen) atoms. The summed E-state index contributed by atoms with van der Waals surface area (Å²) in [5.74, 6) is -0.000297. The molecular weight excluding hydrogens is 354 g/mol. The van der Waals surface area contributed by atoms with Crippen molar-refractivity contribution in [1.82, 2.24) is 0 Å². The van der Waals surface area contributed by atoms with E-state index >= 15 is 0 Å². The Hall–Kier alpha value is -2.54. The number of hydrogen-bond acceptors (Lipinski definition) is 5. The first-order valence-electron chi connectivity index (χ1n) is 6.14. The number of ether oxygens (including phenoxy) is 1. The molecule has 2 rings (SSSR count). The Balaban J connectivity index is 2.42. The summed E-state index contributed by atoms with van der Waals surface area (Å²) in [5, 5.41) is 11.1. The molecule has 0 heterocycles. The third kappa shape index (κ3) is 3.37. The summed E-state index contributed by atoms with van der Waals surface area (Å²) in [6.07, 6.45) is 0.643. The number of nitro groups is 1. The van der Waals surface area contributed by atoms with Gasteiger partial charge in [-0.05, 0) is 37.3 Å². The minimum atomic E-state index is -0.624. The maximum absolute atomic E-state index is 11.3. The molecule has 0 unspecified atom stereocenters. The highest BCUT2D eigenvalue weighted by Gasteiger charge is 2.18. The fraction of sp³-hybridized carbons (Fsp3) is 0.0667. The molecule has 0 aliphatic carbocycles. The zero-order valence-corrected chi connectivity index (χ0v) is 13.0. The van der Waals surface area contributed by atoms with Crippen molar-refractivity contribution < 1.29 is 19.2 Å². The number of carbonyl (C=O) groups excluding carboxylic acids is 2. The quantitative estimate of drug-likeness (QED) is 0.344. The smallest absolute Gasteiger partial charge is 0.312 e. The summed E-state index contributed by atoms with van der Waals surface area (Å²) < 4.78 is 6.06. The summed E-state index contributed by atoms with van der Waals surface area (Å²) in [6, 6.07) is 8.60. The zero-order chi connectivity index (χ0) is 16.3. The monoisotopic (exact) mass is 363 g/mol. The Bertz CT molecular complexity index is 773. The molecular formula is C15H10BrNO5. The minimum Gasteiger partial charge on any atom is -0.450 e. The Labute approximate surface area is 134 Å².